The number of benzene rings is 3. The van der Waals surface area contributed by atoms with E-state index in [1.165, 1.54) is 11.0 Å². The van der Waals surface area contributed by atoms with Crippen LogP contribution in [0.15, 0.2) is 78.4 Å². The first-order valence-electron chi connectivity index (χ1n) is 10.4. The minimum absolute atomic E-state index is 0.0419. The first-order valence-corrected chi connectivity index (χ1v) is 10.8. The summed E-state index contributed by atoms with van der Waals surface area (Å²) < 4.78 is 5.48. The van der Waals surface area contributed by atoms with E-state index in [9.17, 15) is 14.9 Å². The molecule has 0 spiro atoms. The minimum Gasteiger partial charge on any atom is -0.494 e. The highest BCUT2D eigenvalue weighted by atomic mass is 35.5. The zero-order chi connectivity index (χ0) is 23.5. The molecule has 0 saturated carbocycles. The number of nitro groups is 1. The molecule has 0 aliphatic carbocycles. The van der Waals surface area contributed by atoms with Crippen LogP contribution in [0.2, 0.25) is 5.02 Å². The van der Waals surface area contributed by atoms with Crippen LogP contribution in [0, 0.1) is 17.0 Å². The van der Waals surface area contributed by atoms with Crippen molar-refractivity contribution in [2.45, 2.75) is 13.8 Å². The smallest absolute Gasteiger partial charge is 0.274 e. The van der Waals surface area contributed by atoms with Gasteiger partial charge in [0, 0.05) is 22.2 Å². The number of halogens is 1. The number of nitro benzene ring substituents is 1. The Bertz CT molecular complexity index is 1280. The van der Waals surface area contributed by atoms with Crippen molar-refractivity contribution in [3.8, 4) is 5.75 Å². The van der Waals surface area contributed by atoms with Crippen LogP contribution in [0.3, 0.4) is 0 Å². The van der Waals surface area contributed by atoms with E-state index in [1.54, 1.807) is 43.3 Å². The molecule has 0 N–H and O–H groups in total. The van der Waals surface area contributed by atoms with Gasteiger partial charge in [0.15, 0.2) is 0 Å². The van der Waals surface area contributed by atoms with Crippen molar-refractivity contribution in [1.82, 2.24) is 0 Å². The molecule has 1 aliphatic rings. The molecule has 0 saturated heterocycles. The normalized spacial score (nSPS) is 14.5. The van der Waals surface area contributed by atoms with Crippen LogP contribution in [0.25, 0.3) is 11.8 Å². The Morgan fingerprint density at radius 1 is 1.06 bits per heavy atom. The fourth-order valence-corrected chi connectivity index (χ4v) is 3.77. The first-order chi connectivity index (χ1) is 15.9. The van der Waals surface area contributed by atoms with E-state index in [-0.39, 0.29) is 11.6 Å². The number of rotatable bonds is 6. The summed E-state index contributed by atoms with van der Waals surface area (Å²) in [4.78, 5) is 26.0. The third-order valence-electron chi connectivity index (χ3n) is 5.28. The zero-order valence-corrected chi connectivity index (χ0v) is 18.9. The minimum atomic E-state index is -0.443. The Morgan fingerprint density at radius 2 is 1.76 bits per heavy atom. The second-order valence-electron chi connectivity index (χ2n) is 7.51. The van der Waals surface area contributed by atoms with E-state index >= 15 is 0 Å². The van der Waals surface area contributed by atoms with Gasteiger partial charge in [-0.25, -0.2) is 0 Å². The van der Waals surface area contributed by atoms with Crippen molar-refractivity contribution in [2.24, 2.45) is 0 Å². The summed E-state index contributed by atoms with van der Waals surface area (Å²) in [5, 5.41) is 12.1. The molecule has 1 aliphatic heterocycles. The molecule has 6 nitrogen and oxygen atoms in total. The predicted octanol–water partition coefficient (Wildman–Crippen LogP) is 6.43. The van der Waals surface area contributed by atoms with E-state index in [4.69, 9.17) is 16.3 Å². The lowest BCUT2D eigenvalue weighted by Gasteiger charge is -2.21. The summed E-state index contributed by atoms with van der Waals surface area (Å²) in [6.45, 7) is 4.16. The molecule has 0 radical (unpaired) electrons. The maximum atomic E-state index is 13.5. The van der Waals surface area contributed by atoms with E-state index in [0.717, 1.165) is 16.9 Å². The van der Waals surface area contributed by atoms with Gasteiger partial charge in [0.25, 0.3) is 11.6 Å². The molecule has 7 heteroatoms. The molecule has 4 rings (SSSR count). The molecular formula is C26H21ClN2O4. The molecule has 0 fully saturated rings. The van der Waals surface area contributed by atoms with Gasteiger partial charge in [-0.15, -0.1) is 0 Å². The third-order valence-corrected chi connectivity index (χ3v) is 5.54. The summed E-state index contributed by atoms with van der Waals surface area (Å²) in [6.07, 6.45) is 3.57. The van der Waals surface area contributed by atoms with Gasteiger partial charge in [-0.3, -0.25) is 19.8 Å². The van der Waals surface area contributed by atoms with Crippen molar-refractivity contribution < 1.29 is 14.5 Å². The number of nitrogens with zero attached hydrogens (tertiary/aromatic N) is 2. The highest BCUT2D eigenvalue weighted by Gasteiger charge is 2.31. The second-order valence-corrected chi connectivity index (χ2v) is 7.94. The van der Waals surface area contributed by atoms with Gasteiger partial charge in [0.1, 0.15) is 5.75 Å². The largest absolute Gasteiger partial charge is 0.494 e. The molecular weight excluding hydrogens is 440 g/mol. The number of anilines is 1. The van der Waals surface area contributed by atoms with Crippen LogP contribution < -0.4 is 9.64 Å². The molecule has 0 atom stereocenters. The van der Waals surface area contributed by atoms with Crippen LogP contribution in [0.1, 0.15) is 23.6 Å². The number of aryl methyl sites for hydroxylation is 1. The van der Waals surface area contributed by atoms with Crippen molar-refractivity contribution in [2.75, 3.05) is 11.5 Å². The van der Waals surface area contributed by atoms with Crippen molar-refractivity contribution in [3.05, 3.63) is 110 Å². The van der Waals surface area contributed by atoms with Crippen LogP contribution in [-0.4, -0.2) is 17.4 Å². The molecule has 3 aromatic carbocycles. The van der Waals surface area contributed by atoms with Crippen LogP contribution >= 0.6 is 11.6 Å². The summed E-state index contributed by atoms with van der Waals surface area (Å²) in [5.74, 6) is 0.482. The fourth-order valence-electron chi connectivity index (χ4n) is 3.64. The van der Waals surface area contributed by atoms with Gasteiger partial charge in [0.2, 0.25) is 0 Å². The monoisotopic (exact) mass is 460 g/mol. The maximum absolute atomic E-state index is 13.5. The topological polar surface area (TPSA) is 72.7 Å². The quantitative estimate of drug-likeness (QED) is 0.241. The molecule has 0 aromatic heterocycles. The first kappa shape index (κ1) is 22.3. The van der Waals surface area contributed by atoms with Crippen LogP contribution in [0.5, 0.6) is 5.75 Å². The van der Waals surface area contributed by atoms with E-state index < -0.39 is 4.92 Å². The van der Waals surface area contributed by atoms with E-state index in [1.807, 2.05) is 43.3 Å². The molecule has 33 heavy (non-hydrogen) atoms. The standard InChI is InChI=1S/C26H21ClN2O4/c1-3-33-23-12-5-18(6-13-23)14-20-15-25(19-7-9-21(27)10-8-19)28(26(20)30)22-11-4-17(2)24(16-22)29(31)32/h4-16H,3H2,1-2H3/b20-14+. The van der Waals surface area contributed by atoms with Gasteiger partial charge in [0.05, 0.1) is 22.9 Å². The van der Waals surface area contributed by atoms with Gasteiger partial charge in [-0.1, -0.05) is 41.9 Å². The van der Waals surface area contributed by atoms with E-state index in [2.05, 4.69) is 0 Å². The third kappa shape index (κ3) is 4.66. The average molecular weight is 461 g/mol. The van der Waals surface area contributed by atoms with Gasteiger partial charge in [-0.05, 0) is 67.5 Å². The summed E-state index contributed by atoms with van der Waals surface area (Å²) >= 11 is 6.05. The molecule has 1 amide bonds. The lowest BCUT2D eigenvalue weighted by molar-refractivity contribution is -0.385. The Labute approximate surface area is 196 Å². The molecule has 0 unspecified atom stereocenters. The van der Waals surface area contributed by atoms with Crippen molar-refractivity contribution in [1.29, 1.82) is 0 Å². The molecule has 0 bridgehead atoms. The molecule has 3 aromatic rings. The Kier molecular flexibility index (Phi) is 6.29. The number of ether oxygens (including phenoxy) is 1. The SMILES string of the molecule is CCOc1ccc(/C=C2\C=C(c3ccc(Cl)cc3)N(c3ccc(C)c([N+](=O)[O-])c3)C2=O)cc1. The zero-order valence-electron chi connectivity index (χ0n) is 18.1. The Morgan fingerprint density at radius 3 is 2.39 bits per heavy atom. The van der Waals surface area contributed by atoms with Crippen LogP contribution in [0.4, 0.5) is 11.4 Å². The summed E-state index contributed by atoms with van der Waals surface area (Å²) in [5.41, 5.74) is 3.60. The number of carbonyl (C=O) groups is 1. The summed E-state index contributed by atoms with van der Waals surface area (Å²) in [7, 11) is 0. The van der Waals surface area contributed by atoms with E-state index in [0.29, 0.717) is 34.2 Å². The van der Waals surface area contributed by atoms with Gasteiger partial charge >= 0.3 is 0 Å². The van der Waals surface area contributed by atoms with Gasteiger partial charge < -0.3 is 4.74 Å². The van der Waals surface area contributed by atoms with Gasteiger partial charge in [-0.2, -0.15) is 0 Å². The maximum Gasteiger partial charge on any atom is 0.274 e. The molecule has 1 heterocycles. The Hall–Kier alpha value is -3.90. The highest BCUT2D eigenvalue weighted by molar-refractivity contribution is 6.30. The second kappa shape index (κ2) is 9.30. The average Bonchev–Trinajstić information content (AvgIpc) is 3.12. The number of hydrogen-bond acceptors (Lipinski definition) is 4. The predicted molar refractivity (Wildman–Crippen MR) is 130 cm³/mol. The number of hydrogen-bond donors (Lipinski definition) is 0. The summed E-state index contributed by atoms with van der Waals surface area (Å²) in [6, 6.07) is 19.3. The van der Waals surface area contributed by atoms with Crippen molar-refractivity contribution in [3.63, 3.8) is 0 Å². The highest BCUT2D eigenvalue weighted by Crippen LogP contribution is 2.37. The lowest BCUT2D eigenvalue weighted by Crippen LogP contribution is -2.25. The fraction of sp³-hybridized carbons (Fsp3) is 0.115. The molecule has 166 valence electrons. The van der Waals surface area contributed by atoms with Crippen molar-refractivity contribution >= 4 is 40.7 Å². The van der Waals surface area contributed by atoms with Crippen LogP contribution in [-0.2, 0) is 4.79 Å². The number of amides is 1. The lowest BCUT2D eigenvalue weighted by atomic mass is 10.1. The number of carbonyl (C=O) groups excluding carboxylic acids is 1. The Balaban J connectivity index is 1.79.